The van der Waals surface area contributed by atoms with Gasteiger partial charge in [-0.15, -0.1) is 0 Å². The number of amides is 1. The summed E-state index contributed by atoms with van der Waals surface area (Å²) in [5, 5.41) is 3.21. The van der Waals surface area contributed by atoms with Crippen LogP contribution in [0.4, 0.5) is 14.6 Å². The third-order valence-corrected chi connectivity index (χ3v) is 7.23. The van der Waals surface area contributed by atoms with Gasteiger partial charge in [0.05, 0.1) is 31.6 Å². The molecule has 1 aliphatic carbocycles. The van der Waals surface area contributed by atoms with Crippen LogP contribution >= 0.6 is 0 Å². The zero-order valence-electron chi connectivity index (χ0n) is 23.5. The van der Waals surface area contributed by atoms with Crippen molar-refractivity contribution in [3.63, 3.8) is 0 Å². The van der Waals surface area contributed by atoms with Gasteiger partial charge >= 0.3 is 0 Å². The van der Waals surface area contributed by atoms with Crippen LogP contribution < -0.4 is 25.1 Å². The molecule has 6 rings (SSSR count). The Hall–Kier alpha value is -5.65. The summed E-state index contributed by atoms with van der Waals surface area (Å²) in [7, 11) is 3.05. The smallest absolute Gasteiger partial charge is 0.268 e. The largest absolute Gasteiger partial charge is 0.493 e. The number of anilines is 1. The number of methoxy groups -OCH3 is 2. The monoisotopic (exact) mass is 598 g/mol. The topological polar surface area (TPSA) is 122 Å². The fourth-order valence-electron chi connectivity index (χ4n) is 5.13. The average Bonchev–Trinajstić information content (AvgIpc) is 3.02. The molecule has 12 heteroatoms. The highest BCUT2D eigenvalue weighted by Crippen LogP contribution is 2.37. The van der Waals surface area contributed by atoms with Gasteiger partial charge < -0.3 is 19.5 Å². The number of ether oxygens (including phenoxy) is 3. The van der Waals surface area contributed by atoms with Crippen LogP contribution in [-0.2, 0) is 6.42 Å². The second-order valence-electron chi connectivity index (χ2n) is 9.90. The number of aromatic nitrogens is 3. The highest BCUT2D eigenvalue weighted by molar-refractivity contribution is 6.06. The lowest BCUT2D eigenvalue weighted by Crippen LogP contribution is -2.34. The van der Waals surface area contributed by atoms with E-state index >= 15 is 0 Å². The van der Waals surface area contributed by atoms with Crippen molar-refractivity contribution in [1.29, 1.82) is 0 Å². The SMILES string of the molecule is COc1cc2nccc(Oc3ccc(NC(=O)c4cc5c(n(-c6ccc(F)cc6F)c4=O)CCCC5=O)nc3)c2cc1OC. The molecule has 1 amide bonds. The Morgan fingerprint density at radius 3 is 2.43 bits per heavy atom. The number of carbonyl (C=O) groups excluding carboxylic acids is 2. The minimum atomic E-state index is -0.998. The van der Waals surface area contributed by atoms with E-state index in [9.17, 15) is 23.2 Å². The number of Topliss-reactive ketones (excluding diaryl/α,β-unsaturated/α-hetero) is 1. The van der Waals surface area contributed by atoms with E-state index in [1.807, 2.05) is 0 Å². The maximum absolute atomic E-state index is 14.8. The van der Waals surface area contributed by atoms with Gasteiger partial charge in [-0.05, 0) is 55.3 Å². The molecule has 5 aromatic rings. The van der Waals surface area contributed by atoms with E-state index in [2.05, 4.69) is 15.3 Å². The number of ketones is 1. The highest BCUT2D eigenvalue weighted by Gasteiger charge is 2.27. The van der Waals surface area contributed by atoms with Crippen LogP contribution in [0.25, 0.3) is 16.6 Å². The molecule has 0 radical (unpaired) electrons. The second-order valence-corrected chi connectivity index (χ2v) is 9.90. The Labute approximate surface area is 248 Å². The van der Waals surface area contributed by atoms with E-state index in [-0.39, 0.29) is 35.0 Å². The molecule has 0 saturated carbocycles. The van der Waals surface area contributed by atoms with Gasteiger partial charge in [-0.3, -0.25) is 23.9 Å². The minimum Gasteiger partial charge on any atom is -0.493 e. The molecule has 0 bridgehead atoms. The van der Waals surface area contributed by atoms with Crippen molar-refractivity contribution in [1.82, 2.24) is 14.5 Å². The number of pyridine rings is 3. The van der Waals surface area contributed by atoms with Crippen molar-refractivity contribution in [2.75, 3.05) is 19.5 Å². The fraction of sp³-hybridized carbons (Fsp3) is 0.156. The average molecular weight is 599 g/mol. The van der Waals surface area contributed by atoms with Crippen molar-refractivity contribution in [2.45, 2.75) is 19.3 Å². The molecule has 0 spiro atoms. The summed E-state index contributed by atoms with van der Waals surface area (Å²) in [5.74, 6) is -1.03. The van der Waals surface area contributed by atoms with Gasteiger partial charge in [0.1, 0.15) is 34.5 Å². The molecule has 44 heavy (non-hydrogen) atoms. The zero-order valence-corrected chi connectivity index (χ0v) is 23.5. The number of halogens is 2. The minimum absolute atomic E-state index is 0.0938. The lowest BCUT2D eigenvalue weighted by molar-refractivity contribution is 0.0970. The van der Waals surface area contributed by atoms with Gasteiger partial charge in [0, 0.05) is 41.4 Å². The molecule has 1 N–H and O–H groups in total. The van der Waals surface area contributed by atoms with Crippen LogP contribution in [0, 0.1) is 11.6 Å². The third-order valence-electron chi connectivity index (χ3n) is 7.23. The first-order valence-electron chi connectivity index (χ1n) is 13.5. The van der Waals surface area contributed by atoms with Gasteiger partial charge in [0.25, 0.3) is 11.5 Å². The number of fused-ring (bicyclic) bond motifs is 2. The number of hydrogen-bond donors (Lipinski definition) is 1. The van der Waals surface area contributed by atoms with Crippen LogP contribution in [0.15, 0.2) is 71.8 Å². The molecule has 0 unspecified atom stereocenters. The van der Waals surface area contributed by atoms with Gasteiger partial charge in [0.2, 0.25) is 0 Å². The lowest BCUT2D eigenvalue weighted by atomic mass is 9.92. The molecule has 3 heterocycles. The van der Waals surface area contributed by atoms with Crippen LogP contribution in [0.2, 0.25) is 0 Å². The van der Waals surface area contributed by atoms with E-state index in [1.165, 1.54) is 32.5 Å². The van der Waals surface area contributed by atoms with E-state index in [1.54, 1.807) is 30.5 Å². The highest BCUT2D eigenvalue weighted by atomic mass is 19.1. The summed E-state index contributed by atoms with van der Waals surface area (Å²) in [6.07, 6.45) is 3.94. The van der Waals surface area contributed by atoms with Gasteiger partial charge in [-0.25, -0.2) is 13.8 Å². The first kappa shape index (κ1) is 28.5. The van der Waals surface area contributed by atoms with Crippen LogP contribution in [-0.4, -0.2) is 40.4 Å². The summed E-state index contributed by atoms with van der Waals surface area (Å²) < 4.78 is 46.1. The van der Waals surface area contributed by atoms with E-state index in [0.29, 0.717) is 52.8 Å². The van der Waals surface area contributed by atoms with Crippen molar-refractivity contribution >= 4 is 28.4 Å². The molecule has 0 saturated heterocycles. The quantitative estimate of drug-likeness (QED) is 0.256. The fourth-order valence-corrected chi connectivity index (χ4v) is 5.13. The summed E-state index contributed by atoms with van der Waals surface area (Å²) in [6, 6.07) is 12.2. The molecular weight excluding hydrogens is 574 g/mol. The first-order chi connectivity index (χ1) is 21.3. The summed E-state index contributed by atoms with van der Waals surface area (Å²) >= 11 is 0. The van der Waals surface area contributed by atoms with E-state index in [4.69, 9.17) is 14.2 Å². The van der Waals surface area contributed by atoms with Crippen molar-refractivity contribution < 1.29 is 32.6 Å². The number of benzene rings is 2. The number of hydrogen-bond acceptors (Lipinski definition) is 8. The predicted molar refractivity (Wildman–Crippen MR) is 156 cm³/mol. The van der Waals surface area contributed by atoms with Crippen LogP contribution in [0.3, 0.4) is 0 Å². The molecule has 0 aliphatic heterocycles. The molecular formula is C32H24F2N4O6. The molecule has 222 valence electrons. The van der Waals surface area contributed by atoms with Gasteiger partial charge in [-0.2, -0.15) is 0 Å². The van der Waals surface area contributed by atoms with Crippen LogP contribution in [0.5, 0.6) is 23.0 Å². The Morgan fingerprint density at radius 2 is 1.70 bits per heavy atom. The van der Waals surface area contributed by atoms with Crippen molar-refractivity contribution in [3.8, 4) is 28.7 Å². The normalized spacial score (nSPS) is 12.5. The predicted octanol–water partition coefficient (Wildman–Crippen LogP) is 5.64. The Bertz CT molecular complexity index is 2010. The third kappa shape index (κ3) is 5.21. The maximum atomic E-state index is 14.8. The van der Waals surface area contributed by atoms with Gasteiger partial charge in [0.15, 0.2) is 17.3 Å². The number of nitrogens with zero attached hydrogens (tertiary/aromatic N) is 3. The molecule has 0 atom stereocenters. The summed E-state index contributed by atoms with van der Waals surface area (Å²) in [5.41, 5.74) is -0.466. The number of nitrogens with one attached hydrogen (secondary N) is 1. The van der Waals surface area contributed by atoms with Crippen LogP contribution in [0.1, 0.15) is 39.3 Å². The lowest BCUT2D eigenvalue weighted by Gasteiger charge is -2.22. The summed E-state index contributed by atoms with van der Waals surface area (Å²) in [6.45, 7) is 0. The Kier molecular flexibility index (Phi) is 7.48. The second kappa shape index (κ2) is 11.6. The molecule has 3 aromatic heterocycles. The molecule has 10 nitrogen and oxygen atoms in total. The Morgan fingerprint density at radius 1 is 0.909 bits per heavy atom. The maximum Gasteiger partial charge on any atom is 0.268 e. The zero-order chi connectivity index (χ0) is 31.0. The molecule has 0 fully saturated rings. The van der Waals surface area contributed by atoms with Crippen molar-refractivity contribution in [3.05, 3.63) is 106 Å². The number of carbonyl (C=O) groups is 2. The van der Waals surface area contributed by atoms with E-state index < -0.39 is 28.7 Å². The Balaban J connectivity index is 1.29. The molecule has 2 aromatic carbocycles. The van der Waals surface area contributed by atoms with E-state index in [0.717, 1.165) is 16.7 Å². The molecule has 1 aliphatic rings. The summed E-state index contributed by atoms with van der Waals surface area (Å²) in [4.78, 5) is 48.2. The number of rotatable bonds is 7. The first-order valence-corrected chi connectivity index (χ1v) is 13.5. The van der Waals surface area contributed by atoms with Gasteiger partial charge in [-0.1, -0.05) is 0 Å². The van der Waals surface area contributed by atoms with Crippen molar-refractivity contribution in [2.24, 2.45) is 0 Å². The standard InChI is InChI=1S/C32H24F2N4O6/c1-42-28-14-19-23(15-29(28)43-2)35-11-10-27(19)44-18-7-9-30(36-16-18)37-31(40)21-13-20-24(4-3-5-26(20)39)38(32(21)41)25-8-6-17(33)12-22(25)34/h6-16H,3-5H2,1-2H3,(H,36,37,40).